The van der Waals surface area contributed by atoms with Crippen LogP contribution in [0.5, 0.6) is 0 Å². The molecule has 0 fully saturated rings. The van der Waals surface area contributed by atoms with Gasteiger partial charge >= 0.3 is 0 Å². The molecule has 0 nitrogen and oxygen atoms in total. The molecule has 5 aromatic carbocycles. The van der Waals surface area contributed by atoms with Crippen molar-refractivity contribution in [2.45, 2.75) is 0 Å². The summed E-state index contributed by atoms with van der Waals surface area (Å²) in [6.07, 6.45) is 0. The first-order valence-electron chi connectivity index (χ1n) is 10.6. The third-order valence-corrected chi connectivity index (χ3v) is 7.37. The molecule has 33 heavy (non-hydrogen) atoms. The third-order valence-electron chi connectivity index (χ3n) is 5.69. The van der Waals surface area contributed by atoms with Gasteiger partial charge in [-0.05, 0) is 75.3 Å². The normalized spacial score (nSPS) is 10.9. The van der Waals surface area contributed by atoms with Gasteiger partial charge < -0.3 is 0 Å². The van der Waals surface area contributed by atoms with E-state index in [-0.39, 0.29) is 0 Å². The fourth-order valence-corrected chi connectivity index (χ4v) is 5.41. The van der Waals surface area contributed by atoms with Gasteiger partial charge in [0, 0.05) is 19.5 Å². The zero-order valence-electron chi connectivity index (χ0n) is 17.6. The second-order valence-electron chi connectivity index (χ2n) is 7.82. The Balaban J connectivity index is 1.69. The van der Waals surface area contributed by atoms with E-state index in [2.05, 4.69) is 117 Å². The lowest BCUT2D eigenvalue weighted by atomic mass is 9.92. The van der Waals surface area contributed by atoms with Crippen LogP contribution in [0.15, 0.2) is 124 Å². The first-order valence-corrected chi connectivity index (χ1v) is 12.6. The second-order valence-corrected chi connectivity index (χ2v) is 9.94. The number of hydrogen-bond acceptors (Lipinski definition) is 0. The molecule has 0 saturated carbocycles. The maximum absolute atomic E-state index is 6.59. The lowest BCUT2D eigenvalue weighted by Gasteiger charge is -2.14. The molecule has 3 heteroatoms. The summed E-state index contributed by atoms with van der Waals surface area (Å²) < 4.78 is 2.11. The number of benzene rings is 5. The maximum atomic E-state index is 6.59. The molecule has 0 bridgehead atoms. The van der Waals surface area contributed by atoms with Crippen LogP contribution < -0.4 is 0 Å². The minimum atomic E-state index is 0.742. The molecule has 0 amide bonds. The molecule has 0 aromatic heterocycles. The van der Waals surface area contributed by atoms with Crippen LogP contribution in [0.2, 0.25) is 5.02 Å². The topological polar surface area (TPSA) is 0 Å². The first-order chi connectivity index (χ1) is 16.1. The van der Waals surface area contributed by atoms with Crippen molar-refractivity contribution in [2.75, 3.05) is 0 Å². The Morgan fingerprint density at radius 1 is 0.394 bits per heavy atom. The van der Waals surface area contributed by atoms with Crippen molar-refractivity contribution in [3.63, 3.8) is 0 Å². The smallest absolute Gasteiger partial charge is 0.0484 e. The second kappa shape index (κ2) is 9.69. The van der Waals surface area contributed by atoms with E-state index in [1.165, 1.54) is 11.1 Å². The molecule has 0 unspecified atom stereocenters. The van der Waals surface area contributed by atoms with Crippen LogP contribution in [0.4, 0.5) is 0 Å². The van der Waals surface area contributed by atoms with Gasteiger partial charge in [0.2, 0.25) is 0 Å². The predicted octanol–water partition coefficient (Wildman–Crippen LogP) is 10.5. The van der Waals surface area contributed by atoms with Crippen LogP contribution in [0.3, 0.4) is 0 Å². The van der Waals surface area contributed by atoms with Crippen molar-refractivity contribution >= 4 is 43.5 Å². The SMILES string of the molecule is Clc1ccccc1-c1cc(-c2ccccc2Br)cc(-c2ccc(-c3ccccc3)cc2Br)c1. The standard InChI is InChI=1S/C30H19Br2Cl/c31-28-12-6-4-10-25(28)22-16-23(18-24(17-22)27-11-5-7-13-30(27)33)26-15-14-21(19-29(26)32)20-8-2-1-3-9-20/h1-19H. The molecule has 0 saturated heterocycles. The average molecular weight is 575 g/mol. The largest absolute Gasteiger partial charge is 0.0837 e. The molecule has 0 heterocycles. The average Bonchev–Trinajstić information content (AvgIpc) is 2.85. The highest BCUT2D eigenvalue weighted by Gasteiger charge is 2.13. The summed E-state index contributed by atoms with van der Waals surface area (Å²) in [5.41, 5.74) is 9.03. The van der Waals surface area contributed by atoms with Crippen molar-refractivity contribution in [3.05, 3.63) is 129 Å². The van der Waals surface area contributed by atoms with Crippen molar-refractivity contribution in [2.24, 2.45) is 0 Å². The van der Waals surface area contributed by atoms with Crippen LogP contribution in [0.25, 0.3) is 44.5 Å². The Labute approximate surface area is 216 Å². The zero-order valence-corrected chi connectivity index (χ0v) is 21.5. The molecule has 160 valence electrons. The van der Waals surface area contributed by atoms with Crippen LogP contribution in [-0.4, -0.2) is 0 Å². The van der Waals surface area contributed by atoms with Crippen molar-refractivity contribution in [1.29, 1.82) is 0 Å². The summed E-state index contributed by atoms with van der Waals surface area (Å²) in [4.78, 5) is 0. The molecule has 0 atom stereocenters. The van der Waals surface area contributed by atoms with Crippen LogP contribution in [-0.2, 0) is 0 Å². The molecule has 0 aliphatic rings. The van der Waals surface area contributed by atoms with Gasteiger partial charge in [-0.2, -0.15) is 0 Å². The van der Waals surface area contributed by atoms with E-state index in [0.717, 1.165) is 47.3 Å². The Bertz CT molecular complexity index is 1380. The van der Waals surface area contributed by atoms with Gasteiger partial charge in [-0.15, -0.1) is 0 Å². The first kappa shape index (κ1) is 22.2. The fraction of sp³-hybridized carbons (Fsp3) is 0. The van der Waals surface area contributed by atoms with Crippen LogP contribution >= 0.6 is 43.5 Å². The minimum Gasteiger partial charge on any atom is -0.0837 e. The zero-order chi connectivity index (χ0) is 22.8. The summed E-state index contributed by atoms with van der Waals surface area (Å²) in [6.45, 7) is 0. The number of halogens is 3. The van der Waals surface area contributed by atoms with Crippen molar-refractivity contribution in [1.82, 2.24) is 0 Å². The summed E-state index contributed by atoms with van der Waals surface area (Å²) in [6, 6.07) is 39.9. The molecule has 0 N–H and O–H groups in total. The van der Waals surface area contributed by atoms with E-state index < -0.39 is 0 Å². The summed E-state index contributed by atoms with van der Waals surface area (Å²) >= 11 is 14.1. The Kier molecular flexibility index (Phi) is 6.50. The Morgan fingerprint density at radius 3 is 1.58 bits per heavy atom. The van der Waals surface area contributed by atoms with Gasteiger partial charge in [-0.25, -0.2) is 0 Å². The molecular formula is C30H19Br2Cl. The van der Waals surface area contributed by atoms with Gasteiger partial charge in [-0.3, -0.25) is 0 Å². The number of rotatable bonds is 4. The fourth-order valence-electron chi connectivity index (χ4n) is 4.04. The molecule has 5 rings (SSSR count). The van der Waals surface area contributed by atoms with E-state index in [9.17, 15) is 0 Å². The van der Waals surface area contributed by atoms with Crippen molar-refractivity contribution in [3.8, 4) is 44.5 Å². The lowest BCUT2D eigenvalue weighted by molar-refractivity contribution is 1.53. The van der Waals surface area contributed by atoms with Gasteiger partial charge in [-0.1, -0.05) is 122 Å². The maximum Gasteiger partial charge on any atom is 0.0484 e. The lowest BCUT2D eigenvalue weighted by Crippen LogP contribution is -1.89. The highest BCUT2D eigenvalue weighted by atomic mass is 79.9. The monoisotopic (exact) mass is 572 g/mol. The molecule has 0 radical (unpaired) electrons. The van der Waals surface area contributed by atoms with Gasteiger partial charge in [0.1, 0.15) is 0 Å². The van der Waals surface area contributed by atoms with E-state index in [1.807, 2.05) is 30.3 Å². The van der Waals surface area contributed by atoms with Crippen molar-refractivity contribution < 1.29 is 0 Å². The van der Waals surface area contributed by atoms with E-state index in [1.54, 1.807) is 0 Å². The molecule has 5 aromatic rings. The quantitative estimate of drug-likeness (QED) is 0.200. The van der Waals surface area contributed by atoms with E-state index in [0.29, 0.717) is 0 Å². The van der Waals surface area contributed by atoms with Crippen LogP contribution in [0, 0.1) is 0 Å². The molecule has 0 aliphatic heterocycles. The predicted molar refractivity (Wildman–Crippen MR) is 149 cm³/mol. The van der Waals surface area contributed by atoms with Gasteiger partial charge in [0.25, 0.3) is 0 Å². The van der Waals surface area contributed by atoms with Crippen LogP contribution in [0.1, 0.15) is 0 Å². The molecular weight excluding hydrogens is 556 g/mol. The summed E-state index contributed by atoms with van der Waals surface area (Å²) in [7, 11) is 0. The number of hydrogen-bond donors (Lipinski definition) is 0. The molecule has 0 aliphatic carbocycles. The minimum absolute atomic E-state index is 0.742. The highest BCUT2D eigenvalue weighted by molar-refractivity contribution is 9.11. The Morgan fingerprint density at radius 2 is 0.939 bits per heavy atom. The van der Waals surface area contributed by atoms with Gasteiger partial charge in [0.05, 0.1) is 0 Å². The summed E-state index contributed by atoms with van der Waals surface area (Å²) in [5.74, 6) is 0. The molecule has 0 spiro atoms. The highest BCUT2D eigenvalue weighted by Crippen LogP contribution is 2.40. The van der Waals surface area contributed by atoms with Gasteiger partial charge in [0.15, 0.2) is 0 Å². The third kappa shape index (κ3) is 4.70. The van der Waals surface area contributed by atoms with E-state index >= 15 is 0 Å². The van der Waals surface area contributed by atoms with E-state index in [4.69, 9.17) is 11.6 Å². The summed E-state index contributed by atoms with van der Waals surface area (Å²) in [5, 5.41) is 0.742. The Hall–Kier alpha value is -2.65.